The van der Waals surface area contributed by atoms with Crippen molar-refractivity contribution in [3.8, 4) is 11.6 Å². The number of rotatable bonds is 2. The molecular formula is C7H7F2NO2. The van der Waals surface area contributed by atoms with Crippen LogP contribution in [0, 0.1) is 6.92 Å². The van der Waals surface area contributed by atoms with E-state index in [0.717, 1.165) is 6.07 Å². The van der Waals surface area contributed by atoms with Gasteiger partial charge in [-0.3, -0.25) is 0 Å². The maximum Gasteiger partial charge on any atom is 0.388 e. The molecule has 66 valence electrons. The quantitative estimate of drug-likeness (QED) is 0.743. The second kappa shape index (κ2) is 3.34. The first-order valence-corrected chi connectivity index (χ1v) is 3.20. The fraction of sp³-hybridized carbons (Fsp3) is 0.286. The highest BCUT2D eigenvalue weighted by Crippen LogP contribution is 2.20. The molecule has 1 aromatic rings. The molecule has 0 atom stereocenters. The molecule has 0 amide bonds. The van der Waals surface area contributed by atoms with Crippen molar-refractivity contribution in [3.05, 3.63) is 17.8 Å². The molecule has 0 aliphatic rings. The number of aryl methyl sites for hydroxylation is 1. The predicted octanol–water partition coefficient (Wildman–Crippen LogP) is 1.70. The van der Waals surface area contributed by atoms with Crippen molar-refractivity contribution in [1.29, 1.82) is 0 Å². The van der Waals surface area contributed by atoms with Crippen molar-refractivity contribution in [2.75, 3.05) is 0 Å². The van der Waals surface area contributed by atoms with Gasteiger partial charge in [-0.2, -0.15) is 8.78 Å². The molecule has 1 rings (SSSR count). The Morgan fingerprint density at radius 3 is 2.75 bits per heavy atom. The van der Waals surface area contributed by atoms with Gasteiger partial charge in [-0.05, 0) is 6.92 Å². The summed E-state index contributed by atoms with van der Waals surface area (Å²) in [6.07, 6.45) is 1.26. The average Bonchev–Trinajstić information content (AvgIpc) is 1.96. The summed E-state index contributed by atoms with van der Waals surface area (Å²) in [5.74, 6) is -0.395. The van der Waals surface area contributed by atoms with Crippen molar-refractivity contribution in [3.63, 3.8) is 0 Å². The van der Waals surface area contributed by atoms with Crippen LogP contribution in [0.25, 0.3) is 0 Å². The van der Waals surface area contributed by atoms with E-state index in [1.54, 1.807) is 6.92 Å². The molecule has 0 unspecified atom stereocenters. The van der Waals surface area contributed by atoms with Crippen molar-refractivity contribution in [1.82, 2.24) is 4.98 Å². The highest BCUT2D eigenvalue weighted by molar-refractivity contribution is 5.32. The molecule has 0 fully saturated rings. The van der Waals surface area contributed by atoms with Crippen LogP contribution in [0.1, 0.15) is 5.56 Å². The molecule has 0 aliphatic heterocycles. The Bertz CT molecular complexity index is 278. The second-order valence-corrected chi connectivity index (χ2v) is 2.19. The fourth-order valence-electron chi connectivity index (χ4n) is 0.650. The molecular weight excluding hydrogens is 168 g/mol. The van der Waals surface area contributed by atoms with Gasteiger partial charge in [0.1, 0.15) is 5.75 Å². The van der Waals surface area contributed by atoms with E-state index in [1.807, 2.05) is 0 Å². The summed E-state index contributed by atoms with van der Waals surface area (Å²) >= 11 is 0. The molecule has 0 saturated carbocycles. The zero-order valence-electron chi connectivity index (χ0n) is 6.29. The van der Waals surface area contributed by atoms with Gasteiger partial charge < -0.3 is 9.84 Å². The van der Waals surface area contributed by atoms with Gasteiger partial charge in [-0.15, -0.1) is 0 Å². The van der Waals surface area contributed by atoms with Crippen molar-refractivity contribution in [2.24, 2.45) is 0 Å². The number of alkyl halides is 2. The van der Waals surface area contributed by atoms with Crippen LogP contribution >= 0.6 is 0 Å². The summed E-state index contributed by atoms with van der Waals surface area (Å²) in [6.45, 7) is -1.31. The van der Waals surface area contributed by atoms with Crippen LogP contribution in [0.15, 0.2) is 12.3 Å². The number of halogens is 2. The zero-order valence-corrected chi connectivity index (χ0v) is 6.29. The molecule has 3 nitrogen and oxygen atoms in total. The third-order valence-electron chi connectivity index (χ3n) is 1.26. The van der Waals surface area contributed by atoms with E-state index in [1.165, 1.54) is 6.20 Å². The lowest BCUT2D eigenvalue weighted by Gasteiger charge is -2.03. The Kier molecular flexibility index (Phi) is 2.42. The van der Waals surface area contributed by atoms with Gasteiger partial charge in [0, 0.05) is 17.8 Å². The molecule has 0 spiro atoms. The van der Waals surface area contributed by atoms with Gasteiger partial charge in [0.2, 0.25) is 5.88 Å². The molecule has 0 aliphatic carbocycles. The molecule has 5 heteroatoms. The summed E-state index contributed by atoms with van der Waals surface area (Å²) in [5, 5.41) is 9.05. The van der Waals surface area contributed by atoms with Crippen LogP contribution in [-0.2, 0) is 0 Å². The summed E-state index contributed by atoms with van der Waals surface area (Å²) in [4.78, 5) is 3.52. The summed E-state index contributed by atoms with van der Waals surface area (Å²) < 4.78 is 27.2. The van der Waals surface area contributed by atoms with Gasteiger partial charge in [0.15, 0.2) is 0 Å². The van der Waals surface area contributed by atoms with Crippen molar-refractivity contribution < 1.29 is 18.6 Å². The first kappa shape index (κ1) is 8.70. The molecule has 0 saturated heterocycles. The normalized spacial score (nSPS) is 10.3. The average molecular weight is 175 g/mol. The molecule has 1 aromatic heterocycles. The molecule has 1 heterocycles. The van der Waals surface area contributed by atoms with E-state index in [4.69, 9.17) is 5.11 Å². The minimum atomic E-state index is -2.92. The number of ether oxygens (including phenoxy) is 1. The lowest BCUT2D eigenvalue weighted by molar-refractivity contribution is -0.0529. The van der Waals surface area contributed by atoms with E-state index in [9.17, 15) is 8.78 Å². The van der Waals surface area contributed by atoms with Crippen LogP contribution in [0.5, 0.6) is 11.6 Å². The van der Waals surface area contributed by atoms with E-state index in [0.29, 0.717) is 5.56 Å². The van der Waals surface area contributed by atoms with Crippen LogP contribution in [0.3, 0.4) is 0 Å². The topological polar surface area (TPSA) is 42.4 Å². The Hall–Kier alpha value is -1.39. The number of hydrogen-bond acceptors (Lipinski definition) is 3. The third-order valence-corrected chi connectivity index (χ3v) is 1.26. The van der Waals surface area contributed by atoms with Crippen LogP contribution in [0.2, 0.25) is 0 Å². The SMILES string of the molecule is Cc1cnc(OC(F)F)cc1O. The maximum atomic E-state index is 11.6. The fourth-order valence-corrected chi connectivity index (χ4v) is 0.650. The van der Waals surface area contributed by atoms with Crippen molar-refractivity contribution in [2.45, 2.75) is 13.5 Å². The van der Waals surface area contributed by atoms with Gasteiger partial charge >= 0.3 is 6.61 Å². The highest BCUT2D eigenvalue weighted by atomic mass is 19.3. The van der Waals surface area contributed by atoms with Gasteiger partial charge in [-0.25, -0.2) is 4.98 Å². The third kappa shape index (κ3) is 2.05. The van der Waals surface area contributed by atoms with E-state index >= 15 is 0 Å². The second-order valence-electron chi connectivity index (χ2n) is 2.19. The Morgan fingerprint density at radius 1 is 1.58 bits per heavy atom. The standard InChI is InChI=1S/C7H7F2NO2/c1-4-3-10-6(2-5(4)11)12-7(8)9/h2-3,7H,1H3,(H,10,11). The molecule has 12 heavy (non-hydrogen) atoms. The molecule has 0 radical (unpaired) electrons. The van der Waals surface area contributed by atoms with E-state index in [2.05, 4.69) is 9.72 Å². The Morgan fingerprint density at radius 2 is 2.25 bits per heavy atom. The molecule has 0 bridgehead atoms. The minimum absolute atomic E-state index is 0.111. The first-order chi connectivity index (χ1) is 5.59. The lowest BCUT2D eigenvalue weighted by Crippen LogP contribution is -2.03. The number of aromatic nitrogens is 1. The lowest BCUT2D eigenvalue weighted by atomic mass is 10.3. The summed E-state index contributed by atoms with van der Waals surface area (Å²) in [7, 11) is 0. The van der Waals surface area contributed by atoms with Crippen LogP contribution in [-0.4, -0.2) is 16.7 Å². The Balaban J connectivity index is 2.82. The number of hydrogen-bond donors (Lipinski definition) is 1. The number of pyridine rings is 1. The number of nitrogens with zero attached hydrogens (tertiary/aromatic N) is 1. The molecule has 0 aromatic carbocycles. The Labute approximate surface area is 67.6 Å². The maximum absolute atomic E-state index is 11.6. The predicted molar refractivity (Wildman–Crippen MR) is 37.3 cm³/mol. The van der Waals surface area contributed by atoms with Gasteiger partial charge in [0.25, 0.3) is 0 Å². The van der Waals surface area contributed by atoms with E-state index in [-0.39, 0.29) is 11.6 Å². The highest BCUT2D eigenvalue weighted by Gasteiger charge is 2.06. The van der Waals surface area contributed by atoms with Crippen molar-refractivity contribution >= 4 is 0 Å². The monoisotopic (exact) mass is 175 g/mol. The first-order valence-electron chi connectivity index (χ1n) is 3.20. The van der Waals surface area contributed by atoms with Crippen LogP contribution < -0.4 is 4.74 Å². The number of aromatic hydroxyl groups is 1. The molecule has 1 N–H and O–H groups in total. The largest absolute Gasteiger partial charge is 0.507 e. The summed E-state index contributed by atoms with van der Waals surface area (Å²) in [6, 6.07) is 1.04. The van der Waals surface area contributed by atoms with Gasteiger partial charge in [0.05, 0.1) is 0 Å². The smallest absolute Gasteiger partial charge is 0.388 e. The zero-order chi connectivity index (χ0) is 9.14. The van der Waals surface area contributed by atoms with Gasteiger partial charge in [-0.1, -0.05) is 0 Å². The van der Waals surface area contributed by atoms with Crippen LogP contribution in [0.4, 0.5) is 8.78 Å². The summed E-state index contributed by atoms with van der Waals surface area (Å²) in [5.41, 5.74) is 0.511. The van der Waals surface area contributed by atoms with E-state index < -0.39 is 6.61 Å². The minimum Gasteiger partial charge on any atom is -0.507 e.